The number of nitrogens with one attached hydrogen (secondary N) is 2. The smallest absolute Gasteiger partial charge is 0.402 e. The zero-order chi connectivity index (χ0) is 22.1. The number of aliphatic imine (C=N–C) groups is 1. The SMILES string of the molecule is CN=C1CN(C)CCOc2c(c(C)[nH][n+]2C)-c2cc3c([nH]nc3c(C)n2)/C=C/C1=C/N. The van der Waals surface area contributed by atoms with Gasteiger partial charge < -0.3 is 10.5 Å². The van der Waals surface area contributed by atoms with Crippen molar-refractivity contribution in [2.24, 2.45) is 17.8 Å². The van der Waals surface area contributed by atoms with Gasteiger partial charge in [0.1, 0.15) is 17.7 Å². The molecule has 0 saturated heterocycles. The van der Waals surface area contributed by atoms with Crippen LogP contribution >= 0.6 is 0 Å². The molecule has 0 saturated carbocycles. The second kappa shape index (κ2) is 8.35. The van der Waals surface area contributed by atoms with E-state index in [1.165, 1.54) is 0 Å². The van der Waals surface area contributed by atoms with Crippen molar-refractivity contribution < 1.29 is 9.42 Å². The summed E-state index contributed by atoms with van der Waals surface area (Å²) >= 11 is 0. The fourth-order valence-corrected chi connectivity index (χ4v) is 3.95. The molecule has 3 aromatic rings. The van der Waals surface area contributed by atoms with Gasteiger partial charge in [-0.05, 0) is 39.1 Å². The Balaban J connectivity index is 1.93. The molecule has 2 bridgehead atoms. The lowest BCUT2D eigenvalue weighted by Crippen LogP contribution is -2.35. The van der Waals surface area contributed by atoms with Crippen LogP contribution in [0, 0.1) is 13.8 Å². The van der Waals surface area contributed by atoms with E-state index in [0.717, 1.165) is 63.0 Å². The minimum Gasteiger partial charge on any atom is -0.441 e. The Morgan fingerprint density at radius 1 is 1.32 bits per heavy atom. The van der Waals surface area contributed by atoms with Crippen molar-refractivity contribution in [3.63, 3.8) is 0 Å². The summed E-state index contributed by atoms with van der Waals surface area (Å²) in [5, 5.41) is 11.9. The molecule has 0 atom stereocenters. The van der Waals surface area contributed by atoms with E-state index in [1.54, 1.807) is 13.2 Å². The summed E-state index contributed by atoms with van der Waals surface area (Å²) in [6.45, 7) is 5.92. The predicted octanol–water partition coefficient (Wildman–Crippen LogP) is 1.65. The molecule has 0 fully saturated rings. The maximum Gasteiger partial charge on any atom is 0.402 e. The molecule has 31 heavy (non-hydrogen) atoms. The summed E-state index contributed by atoms with van der Waals surface area (Å²) in [6, 6.07) is 2.06. The van der Waals surface area contributed by atoms with E-state index in [9.17, 15) is 0 Å². The van der Waals surface area contributed by atoms with Gasteiger partial charge in [0, 0.05) is 37.3 Å². The Morgan fingerprint density at radius 2 is 2.13 bits per heavy atom. The first kappa shape index (κ1) is 20.8. The zero-order valence-corrected chi connectivity index (χ0v) is 18.7. The molecule has 9 heteroatoms. The van der Waals surface area contributed by atoms with Gasteiger partial charge in [-0.3, -0.25) is 20.0 Å². The number of rotatable bonds is 0. The predicted molar refractivity (Wildman–Crippen MR) is 122 cm³/mol. The molecule has 0 amide bonds. The third-order valence-corrected chi connectivity index (χ3v) is 5.57. The number of nitrogens with zero attached hydrogens (tertiary/aromatic N) is 5. The first-order valence-corrected chi connectivity index (χ1v) is 10.2. The number of nitrogens with two attached hydrogens (primary N) is 1. The third kappa shape index (κ3) is 3.84. The van der Waals surface area contributed by atoms with Crippen LogP contribution in [0.3, 0.4) is 0 Å². The van der Waals surface area contributed by atoms with E-state index >= 15 is 0 Å². The molecule has 9 nitrogen and oxygen atoms in total. The van der Waals surface area contributed by atoms with Gasteiger partial charge in [0.2, 0.25) is 0 Å². The van der Waals surface area contributed by atoms with E-state index in [0.29, 0.717) is 13.2 Å². The lowest BCUT2D eigenvalue weighted by Gasteiger charge is -2.18. The first-order chi connectivity index (χ1) is 14.9. The minimum absolute atomic E-state index is 0.529. The molecule has 0 spiro atoms. The van der Waals surface area contributed by atoms with Crippen LogP contribution in [0.2, 0.25) is 0 Å². The number of hydrogen-bond donors (Lipinski definition) is 3. The molecule has 162 valence electrons. The summed E-state index contributed by atoms with van der Waals surface area (Å²) in [4.78, 5) is 11.5. The van der Waals surface area contributed by atoms with Crippen LogP contribution in [0.1, 0.15) is 17.1 Å². The molecule has 4 heterocycles. The highest BCUT2D eigenvalue weighted by Gasteiger charge is 2.26. The monoisotopic (exact) mass is 421 g/mol. The van der Waals surface area contributed by atoms with Gasteiger partial charge in [-0.2, -0.15) is 10.2 Å². The lowest BCUT2D eigenvalue weighted by molar-refractivity contribution is -0.731. The van der Waals surface area contributed by atoms with Crippen LogP contribution in [0.25, 0.3) is 28.2 Å². The van der Waals surface area contributed by atoms with E-state index in [1.807, 2.05) is 44.8 Å². The number of likely N-dealkylation sites (N-methyl/N-ethyl adjacent to an activating group) is 1. The quantitative estimate of drug-likeness (QED) is 0.478. The summed E-state index contributed by atoms with van der Waals surface area (Å²) in [5.74, 6) is 0.763. The van der Waals surface area contributed by atoms with E-state index in [2.05, 4.69) is 31.3 Å². The lowest BCUT2D eigenvalue weighted by atomic mass is 10.1. The second-order valence-corrected chi connectivity index (χ2v) is 7.81. The van der Waals surface area contributed by atoms with Crippen LogP contribution in [0.15, 0.2) is 28.9 Å². The number of fused-ring (bicyclic) bond motifs is 3. The van der Waals surface area contributed by atoms with Crippen LogP contribution < -0.4 is 15.2 Å². The molecule has 0 unspecified atom stereocenters. The van der Waals surface area contributed by atoms with Crippen molar-refractivity contribution in [1.82, 2.24) is 25.2 Å². The van der Waals surface area contributed by atoms with E-state index in [-0.39, 0.29) is 0 Å². The third-order valence-electron chi connectivity index (χ3n) is 5.57. The minimum atomic E-state index is 0.529. The topological polar surface area (TPSA) is 112 Å². The fraction of sp³-hybridized carbons (Fsp3) is 0.364. The highest BCUT2D eigenvalue weighted by molar-refractivity contribution is 6.05. The highest BCUT2D eigenvalue weighted by Crippen LogP contribution is 2.32. The number of aromatic amines is 2. The number of ether oxygens (including phenoxy) is 1. The summed E-state index contributed by atoms with van der Waals surface area (Å²) in [5.41, 5.74) is 13.1. The number of hydrogen-bond acceptors (Lipinski definition) is 6. The number of aryl methyl sites for hydroxylation is 3. The Labute approximate surface area is 181 Å². The van der Waals surface area contributed by atoms with Crippen LogP contribution in [0.4, 0.5) is 0 Å². The Morgan fingerprint density at radius 3 is 2.87 bits per heavy atom. The molecule has 4 rings (SSSR count). The van der Waals surface area contributed by atoms with Crippen molar-refractivity contribution in [1.29, 1.82) is 0 Å². The van der Waals surface area contributed by atoms with Crippen LogP contribution in [-0.4, -0.2) is 64.7 Å². The molecule has 4 N–H and O–H groups in total. The Bertz CT molecular complexity index is 1210. The Hall–Kier alpha value is -3.46. The van der Waals surface area contributed by atoms with Crippen molar-refractivity contribution in [3.8, 4) is 17.1 Å². The van der Waals surface area contributed by atoms with Gasteiger partial charge in [0.15, 0.2) is 7.05 Å². The molecular formula is C22H29N8O+. The largest absolute Gasteiger partial charge is 0.441 e. The van der Waals surface area contributed by atoms with Crippen molar-refractivity contribution in [2.45, 2.75) is 13.8 Å². The Kier molecular flexibility index (Phi) is 5.60. The average Bonchev–Trinajstić information content (AvgIpc) is 3.27. The van der Waals surface area contributed by atoms with Crippen LogP contribution in [-0.2, 0) is 7.05 Å². The van der Waals surface area contributed by atoms with Gasteiger partial charge in [0.25, 0.3) is 0 Å². The van der Waals surface area contributed by atoms with Gasteiger partial charge in [-0.15, -0.1) is 0 Å². The molecule has 1 aliphatic rings. The summed E-state index contributed by atoms with van der Waals surface area (Å²) < 4.78 is 8.12. The number of H-pyrrole nitrogens is 2. The van der Waals surface area contributed by atoms with Gasteiger partial charge in [-0.25, -0.2) is 0 Å². The molecule has 0 aromatic carbocycles. The fourth-order valence-electron chi connectivity index (χ4n) is 3.95. The standard InChI is InChI=1S/C22H28N8O/c1-13-20-18-10-16-17(26-27-21(16)14(2)25-18)7-6-15(11-23)19(24-3)12-29(4)8-9-31-22(20)30(5)28-13/h6-7,10-11H,8-9,12H2,1-5H3,(H3,23,24,25,26,27)/p+1. The summed E-state index contributed by atoms with van der Waals surface area (Å²) in [6.07, 6.45) is 5.55. The van der Waals surface area contributed by atoms with Gasteiger partial charge in [-0.1, -0.05) is 4.68 Å². The van der Waals surface area contributed by atoms with Crippen LogP contribution in [0.5, 0.6) is 5.88 Å². The number of pyridine rings is 1. The molecular weight excluding hydrogens is 392 g/mol. The van der Waals surface area contributed by atoms with E-state index in [4.69, 9.17) is 15.5 Å². The average molecular weight is 422 g/mol. The normalized spacial score (nSPS) is 19.4. The maximum atomic E-state index is 6.23. The second-order valence-electron chi connectivity index (χ2n) is 7.81. The zero-order valence-electron chi connectivity index (χ0n) is 18.7. The van der Waals surface area contributed by atoms with Crippen molar-refractivity contribution in [2.75, 3.05) is 33.8 Å². The highest BCUT2D eigenvalue weighted by atomic mass is 16.5. The molecule has 0 radical (unpaired) electrons. The van der Waals surface area contributed by atoms with Crippen molar-refractivity contribution >= 4 is 22.7 Å². The van der Waals surface area contributed by atoms with E-state index < -0.39 is 0 Å². The molecule has 0 aliphatic carbocycles. The van der Waals surface area contributed by atoms with Gasteiger partial charge >= 0.3 is 5.88 Å². The molecule has 1 aliphatic heterocycles. The number of allylic oxidation sites excluding steroid dienone is 1. The van der Waals surface area contributed by atoms with Crippen molar-refractivity contribution in [3.05, 3.63) is 41.0 Å². The molecule has 3 aromatic heterocycles. The summed E-state index contributed by atoms with van der Waals surface area (Å²) in [7, 11) is 5.77. The van der Waals surface area contributed by atoms with Gasteiger partial charge in [0.05, 0.1) is 28.5 Å². The maximum absolute atomic E-state index is 6.23. The first-order valence-electron chi connectivity index (χ1n) is 10.2. The number of aromatic nitrogens is 5.